The second-order valence-electron chi connectivity index (χ2n) is 5.40. The van der Waals surface area contributed by atoms with E-state index in [1.54, 1.807) is 18.5 Å². The lowest BCUT2D eigenvalue weighted by atomic mass is 9.89. The standard InChI is InChI=1S/C15H24N4O/c1-3-7-16-14-6-9-19(11-12(14)4-2)15(20)13-5-8-17-18-10-13/h5,8,10,12,14,16H,3-4,6-7,9,11H2,1-2H3. The number of nitrogens with one attached hydrogen (secondary N) is 1. The van der Waals surface area contributed by atoms with Gasteiger partial charge < -0.3 is 10.2 Å². The summed E-state index contributed by atoms with van der Waals surface area (Å²) in [4.78, 5) is 14.4. The van der Waals surface area contributed by atoms with E-state index >= 15 is 0 Å². The fraction of sp³-hybridized carbons (Fsp3) is 0.667. The van der Waals surface area contributed by atoms with Crippen LogP contribution < -0.4 is 5.32 Å². The summed E-state index contributed by atoms with van der Waals surface area (Å²) in [5.74, 6) is 0.612. The molecule has 0 spiro atoms. The first-order valence-corrected chi connectivity index (χ1v) is 7.55. The van der Waals surface area contributed by atoms with Crippen molar-refractivity contribution < 1.29 is 4.79 Å². The van der Waals surface area contributed by atoms with Gasteiger partial charge in [-0.15, -0.1) is 0 Å². The van der Waals surface area contributed by atoms with E-state index in [0.717, 1.165) is 38.9 Å². The van der Waals surface area contributed by atoms with Crippen LogP contribution in [-0.4, -0.2) is 46.7 Å². The molecule has 5 nitrogen and oxygen atoms in total. The number of aromatic nitrogens is 2. The molecule has 0 bridgehead atoms. The van der Waals surface area contributed by atoms with Crippen LogP contribution in [0.1, 0.15) is 43.5 Å². The van der Waals surface area contributed by atoms with Gasteiger partial charge in [0.15, 0.2) is 0 Å². The van der Waals surface area contributed by atoms with Gasteiger partial charge in [0, 0.05) is 19.1 Å². The molecule has 2 atom stereocenters. The first kappa shape index (κ1) is 14.9. The summed E-state index contributed by atoms with van der Waals surface area (Å²) >= 11 is 0. The predicted molar refractivity (Wildman–Crippen MR) is 78.4 cm³/mol. The Bertz CT molecular complexity index is 423. The fourth-order valence-corrected chi connectivity index (χ4v) is 2.83. The van der Waals surface area contributed by atoms with E-state index in [0.29, 0.717) is 17.5 Å². The molecule has 20 heavy (non-hydrogen) atoms. The molecular formula is C15H24N4O. The molecule has 1 aromatic rings. The van der Waals surface area contributed by atoms with Gasteiger partial charge in [0.2, 0.25) is 0 Å². The van der Waals surface area contributed by atoms with E-state index in [4.69, 9.17) is 0 Å². The number of piperidine rings is 1. The third-order valence-electron chi connectivity index (χ3n) is 4.03. The highest BCUT2D eigenvalue weighted by Gasteiger charge is 2.30. The Balaban J connectivity index is 1.97. The molecular weight excluding hydrogens is 252 g/mol. The molecule has 5 heteroatoms. The quantitative estimate of drug-likeness (QED) is 0.889. The number of carbonyl (C=O) groups is 1. The Kier molecular flexibility index (Phi) is 5.47. The number of amides is 1. The van der Waals surface area contributed by atoms with Gasteiger partial charge in [0.1, 0.15) is 0 Å². The van der Waals surface area contributed by atoms with Crippen molar-refractivity contribution in [2.45, 2.75) is 39.2 Å². The van der Waals surface area contributed by atoms with Crippen LogP contribution in [0.15, 0.2) is 18.5 Å². The maximum atomic E-state index is 12.4. The Hall–Kier alpha value is -1.49. The highest BCUT2D eigenvalue weighted by atomic mass is 16.2. The van der Waals surface area contributed by atoms with Crippen LogP contribution in [0.3, 0.4) is 0 Å². The highest BCUT2D eigenvalue weighted by molar-refractivity contribution is 5.93. The topological polar surface area (TPSA) is 58.1 Å². The third kappa shape index (κ3) is 3.54. The predicted octanol–water partition coefficient (Wildman–Crippen LogP) is 1.72. The summed E-state index contributed by atoms with van der Waals surface area (Å²) in [6.45, 7) is 7.10. The molecule has 110 valence electrons. The van der Waals surface area contributed by atoms with Crippen molar-refractivity contribution in [2.24, 2.45) is 5.92 Å². The minimum atomic E-state index is 0.0762. The van der Waals surface area contributed by atoms with Crippen LogP contribution in [0.25, 0.3) is 0 Å². The summed E-state index contributed by atoms with van der Waals surface area (Å²) in [6.07, 6.45) is 6.39. The number of nitrogens with zero attached hydrogens (tertiary/aromatic N) is 3. The number of hydrogen-bond acceptors (Lipinski definition) is 4. The Labute approximate surface area is 120 Å². The molecule has 1 aliphatic rings. The summed E-state index contributed by atoms with van der Waals surface area (Å²) in [5.41, 5.74) is 0.634. The monoisotopic (exact) mass is 276 g/mol. The van der Waals surface area contributed by atoms with E-state index in [1.807, 2.05) is 4.90 Å². The molecule has 1 aliphatic heterocycles. The van der Waals surface area contributed by atoms with Gasteiger partial charge in [0.25, 0.3) is 5.91 Å². The van der Waals surface area contributed by atoms with Crippen molar-refractivity contribution in [2.75, 3.05) is 19.6 Å². The second-order valence-corrected chi connectivity index (χ2v) is 5.40. The Morgan fingerprint density at radius 3 is 2.95 bits per heavy atom. The van der Waals surface area contributed by atoms with Gasteiger partial charge in [-0.25, -0.2) is 0 Å². The van der Waals surface area contributed by atoms with E-state index in [9.17, 15) is 4.79 Å². The second kappa shape index (κ2) is 7.33. The van der Waals surface area contributed by atoms with E-state index < -0.39 is 0 Å². The average Bonchev–Trinajstić information content (AvgIpc) is 2.52. The van der Waals surface area contributed by atoms with Crippen LogP contribution in [0.4, 0.5) is 0 Å². The lowest BCUT2D eigenvalue weighted by Crippen LogP contribution is -2.51. The maximum absolute atomic E-state index is 12.4. The summed E-state index contributed by atoms with van der Waals surface area (Å²) in [6, 6.07) is 2.28. The largest absolute Gasteiger partial charge is 0.338 e. The SMILES string of the molecule is CCCNC1CCN(C(=O)c2ccnnc2)CC1CC. The van der Waals surface area contributed by atoms with Crippen LogP contribution in [0.5, 0.6) is 0 Å². The van der Waals surface area contributed by atoms with Crippen LogP contribution in [0, 0.1) is 5.92 Å². The van der Waals surface area contributed by atoms with Crippen LogP contribution in [-0.2, 0) is 0 Å². The van der Waals surface area contributed by atoms with Crippen LogP contribution >= 0.6 is 0 Å². The lowest BCUT2D eigenvalue weighted by Gasteiger charge is -2.38. The molecule has 0 aliphatic carbocycles. The summed E-state index contributed by atoms with van der Waals surface area (Å²) in [5, 5.41) is 11.1. The maximum Gasteiger partial charge on any atom is 0.255 e. The molecule has 1 aromatic heterocycles. The summed E-state index contributed by atoms with van der Waals surface area (Å²) < 4.78 is 0. The van der Waals surface area contributed by atoms with Gasteiger partial charge in [0.05, 0.1) is 18.0 Å². The smallest absolute Gasteiger partial charge is 0.255 e. The van der Waals surface area contributed by atoms with Crippen molar-refractivity contribution in [1.82, 2.24) is 20.4 Å². The van der Waals surface area contributed by atoms with Crippen molar-refractivity contribution in [3.8, 4) is 0 Å². The zero-order valence-corrected chi connectivity index (χ0v) is 12.4. The number of rotatable bonds is 5. The molecule has 1 fully saturated rings. The van der Waals surface area contributed by atoms with Gasteiger partial charge in [-0.2, -0.15) is 10.2 Å². The molecule has 0 radical (unpaired) electrons. The average molecular weight is 276 g/mol. The van der Waals surface area contributed by atoms with Gasteiger partial charge in [-0.3, -0.25) is 4.79 Å². The molecule has 2 unspecified atom stereocenters. The molecule has 0 aromatic carbocycles. The zero-order chi connectivity index (χ0) is 14.4. The highest BCUT2D eigenvalue weighted by Crippen LogP contribution is 2.21. The van der Waals surface area contributed by atoms with Gasteiger partial charge >= 0.3 is 0 Å². The zero-order valence-electron chi connectivity index (χ0n) is 12.4. The molecule has 0 saturated carbocycles. The van der Waals surface area contributed by atoms with Crippen molar-refractivity contribution in [1.29, 1.82) is 0 Å². The Morgan fingerprint density at radius 2 is 2.30 bits per heavy atom. The third-order valence-corrected chi connectivity index (χ3v) is 4.03. The fourth-order valence-electron chi connectivity index (χ4n) is 2.83. The van der Waals surface area contributed by atoms with E-state index in [2.05, 4.69) is 29.4 Å². The Morgan fingerprint density at radius 1 is 1.45 bits per heavy atom. The van der Waals surface area contributed by atoms with Crippen molar-refractivity contribution >= 4 is 5.91 Å². The summed E-state index contributed by atoms with van der Waals surface area (Å²) in [7, 11) is 0. The van der Waals surface area contributed by atoms with Gasteiger partial charge in [-0.1, -0.05) is 20.3 Å². The van der Waals surface area contributed by atoms with Crippen molar-refractivity contribution in [3.05, 3.63) is 24.0 Å². The van der Waals surface area contributed by atoms with Crippen LogP contribution in [0.2, 0.25) is 0 Å². The molecule has 2 rings (SSSR count). The molecule has 1 N–H and O–H groups in total. The first-order valence-electron chi connectivity index (χ1n) is 7.55. The molecule has 1 saturated heterocycles. The number of likely N-dealkylation sites (tertiary alicyclic amines) is 1. The van der Waals surface area contributed by atoms with Crippen molar-refractivity contribution in [3.63, 3.8) is 0 Å². The van der Waals surface area contributed by atoms with Gasteiger partial charge in [-0.05, 0) is 31.4 Å². The number of hydrogen-bond donors (Lipinski definition) is 1. The minimum absolute atomic E-state index is 0.0762. The van der Waals surface area contributed by atoms with E-state index in [-0.39, 0.29) is 5.91 Å². The molecule has 1 amide bonds. The van der Waals surface area contributed by atoms with E-state index in [1.165, 1.54) is 0 Å². The lowest BCUT2D eigenvalue weighted by molar-refractivity contribution is 0.0626. The molecule has 2 heterocycles. The minimum Gasteiger partial charge on any atom is -0.338 e. The number of carbonyl (C=O) groups excluding carboxylic acids is 1. The first-order chi connectivity index (χ1) is 9.76. The normalized spacial score (nSPS) is 22.8.